The van der Waals surface area contributed by atoms with Crippen LogP contribution >= 0.6 is 0 Å². The van der Waals surface area contributed by atoms with Crippen molar-refractivity contribution in [2.75, 3.05) is 0 Å². The van der Waals surface area contributed by atoms with Gasteiger partial charge in [-0.15, -0.1) is 0 Å². The molecule has 5 aliphatic rings. The average molecular weight is 279 g/mol. The van der Waals surface area contributed by atoms with Gasteiger partial charge in [0.05, 0.1) is 18.4 Å². The molecule has 3 nitrogen and oxygen atoms in total. The second-order valence-corrected chi connectivity index (χ2v) is 6.90. The van der Waals surface area contributed by atoms with Gasteiger partial charge in [0, 0.05) is 0 Å². The molecule has 6 atom stereocenters. The topological polar surface area (TPSA) is 37.4 Å². The van der Waals surface area contributed by atoms with Crippen LogP contribution in [0.3, 0.4) is 0 Å². The van der Waals surface area contributed by atoms with Crippen LogP contribution in [0.5, 0.6) is 0 Å². The van der Waals surface area contributed by atoms with Gasteiger partial charge in [-0.25, -0.2) is 0 Å². The van der Waals surface area contributed by atoms with Crippen molar-refractivity contribution in [1.29, 1.82) is 0 Å². The van der Waals surface area contributed by atoms with Gasteiger partial charge in [0.15, 0.2) is 0 Å². The van der Waals surface area contributed by atoms with E-state index in [0.29, 0.717) is 30.2 Å². The zero-order valence-electron chi connectivity index (χ0n) is 11.7. The summed E-state index contributed by atoms with van der Waals surface area (Å²) in [6, 6.07) is 9.82. The summed E-state index contributed by atoms with van der Waals surface area (Å²) in [6.07, 6.45) is 5.66. The van der Waals surface area contributed by atoms with Crippen LogP contribution in [0.2, 0.25) is 0 Å². The second-order valence-electron chi connectivity index (χ2n) is 6.90. The molecule has 106 valence electrons. The lowest BCUT2D eigenvalue weighted by molar-refractivity contribution is -0.140. The fourth-order valence-electron chi connectivity index (χ4n) is 4.94. The largest absolute Gasteiger partial charge is 0.278 e. The smallest absolute Gasteiger partial charge is 0.234 e. The number of hydrogen-bond donors (Lipinski definition) is 0. The van der Waals surface area contributed by atoms with E-state index >= 15 is 0 Å². The molecule has 0 unspecified atom stereocenters. The van der Waals surface area contributed by atoms with Crippen LogP contribution in [-0.4, -0.2) is 16.7 Å². The Labute approximate surface area is 123 Å². The van der Waals surface area contributed by atoms with Crippen LogP contribution in [0, 0.1) is 35.5 Å². The zero-order chi connectivity index (χ0) is 14.1. The van der Waals surface area contributed by atoms with Gasteiger partial charge < -0.3 is 0 Å². The number of allylic oxidation sites excluding steroid dienone is 2. The van der Waals surface area contributed by atoms with Crippen molar-refractivity contribution in [3.8, 4) is 0 Å². The molecule has 2 amide bonds. The third kappa shape index (κ3) is 1.44. The van der Waals surface area contributed by atoms with Crippen LogP contribution in [0.15, 0.2) is 42.5 Å². The predicted octanol–water partition coefficient (Wildman–Crippen LogP) is 2.24. The highest BCUT2D eigenvalue weighted by Crippen LogP contribution is 2.65. The summed E-state index contributed by atoms with van der Waals surface area (Å²) in [7, 11) is 0. The summed E-state index contributed by atoms with van der Waals surface area (Å²) in [5, 5.41) is 0. The molecule has 0 N–H and O–H groups in total. The van der Waals surface area contributed by atoms with Gasteiger partial charge >= 0.3 is 0 Å². The number of benzene rings is 1. The highest BCUT2D eigenvalue weighted by atomic mass is 16.2. The van der Waals surface area contributed by atoms with Gasteiger partial charge in [0.1, 0.15) is 0 Å². The van der Waals surface area contributed by atoms with Crippen molar-refractivity contribution in [3.05, 3.63) is 48.0 Å². The Hall–Kier alpha value is -1.90. The summed E-state index contributed by atoms with van der Waals surface area (Å²) < 4.78 is 0. The maximum absolute atomic E-state index is 12.8. The molecule has 1 aliphatic heterocycles. The molecule has 1 heterocycles. The van der Waals surface area contributed by atoms with E-state index in [1.54, 1.807) is 0 Å². The molecule has 1 aromatic carbocycles. The minimum absolute atomic E-state index is 0.0681. The molecule has 4 aliphatic carbocycles. The van der Waals surface area contributed by atoms with E-state index in [9.17, 15) is 9.59 Å². The Morgan fingerprint density at radius 1 is 0.905 bits per heavy atom. The lowest BCUT2D eigenvalue weighted by atomic mass is 9.63. The van der Waals surface area contributed by atoms with E-state index < -0.39 is 0 Å². The fraction of sp³-hybridized carbons (Fsp3) is 0.444. The number of nitrogens with zero attached hydrogens (tertiary/aromatic N) is 1. The number of hydrogen-bond acceptors (Lipinski definition) is 2. The first-order chi connectivity index (χ1) is 10.3. The third-order valence-electron chi connectivity index (χ3n) is 5.94. The predicted molar refractivity (Wildman–Crippen MR) is 76.7 cm³/mol. The molecule has 0 aromatic heterocycles. The van der Waals surface area contributed by atoms with Gasteiger partial charge in [0.2, 0.25) is 11.8 Å². The number of amides is 2. The van der Waals surface area contributed by atoms with Gasteiger partial charge in [0.25, 0.3) is 0 Å². The van der Waals surface area contributed by atoms with E-state index in [2.05, 4.69) is 12.2 Å². The first-order valence-electron chi connectivity index (χ1n) is 7.83. The Morgan fingerprint density at radius 2 is 1.48 bits per heavy atom. The summed E-state index contributed by atoms with van der Waals surface area (Å²) >= 11 is 0. The number of carbonyl (C=O) groups excluding carboxylic acids is 2. The maximum atomic E-state index is 12.8. The molecule has 21 heavy (non-hydrogen) atoms. The summed E-state index contributed by atoms with van der Waals surface area (Å²) in [5.41, 5.74) is 1.03. The highest BCUT2D eigenvalue weighted by molar-refractivity contribution is 6.06. The Balaban J connectivity index is 1.49. The first-order valence-corrected chi connectivity index (χ1v) is 7.83. The van der Waals surface area contributed by atoms with Crippen molar-refractivity contribution in [3.63, 3.8) is 0 Å². The van der Waals surface area contributed by atoms with E-state index in [4.69, 9.17) is 0 Å². The Morgan fingerprint density at radius 3 is 2.05 bits per heavy atom. The molecule has 2 saturated carbocycles. The van der Waals surface area contributed by atoms with Crippen LogP contribution < -0.4 is 0 Å². The SMILES string of the molecule is O=C1[C@@H]2[C@@H]3C=C[C@H]([C@@H]4C[C@H]34)[C@@H]2C(=O)N1Cc1ccccc1. The zero-order valence-corrected chi connectivity index (χ0v) is 11.7. The van der Waals surface area contributed by atoms with Gasteiger partial charge in [-0.05, 0) is 35.7 Å². The minimum atomic E-state index is -0.0695. The van der Waals surface area contributed by atoms with E-state index in [1.807, 2.05) is 30.3 Å². The molecule has 6 rings (SSSR count). The Bertz CT molecular complexity index is 629. The molecule has 1 saturated heterocycles. The molecule has 3 fully saturated rings. The molecule has 0 spiro atoms. The molecule has 0 radical (unpaired) electrons. The summed E-state index contributed by atoms with van der Waals surface area (Å²) in [5.74, 6) is 1.99. The fourth-order valence-corrected chi connectivity index (χ4v) is 4.94. The second kappa shape index (κ2) is 3.85. The summed E-state index contributed by atoms with van der Waals surface area (Å²) in [6.45, 7) is 0.431. The minimum Gasteiger partial charge on any atom is -0.278 e. The van der Waals surface area contributed by atoms with Gasteiger partial charge in [-0.2, -0.15) is 0 Å². The molecular formula is C18H17NO2. The normalized spacial score (nSPS) is 42.2. The van der Waals surface area contributed by atoms with E-state index in [0.717, 1.165) is 5.56 Å². The third-order valence-corrected chi connectivity index (χ3v) is 5.94. The lowest BCUT2D eigenvalue weighted by Crippen LogP contribution is -2.40. The molecular weight excluding hydrogens is 262 g/mol. The number of carbonyl (C=O) groups is 2. The van der Waals surface area contributed by atoms with E-state index in [-0.39, 0.29) is 23.7 Å². The molecule has 3 heteroatoms. The standard InChI is InChI=1S/C18H17NO2/c20-17-15-11-6-7-12(14-8-13(11)14)16(15)18(21)19(17)9-10-4-2-1-3-5-10/h1-7,11-16H,8-9H2/t11-,12-,13-,14+,15-,16+/m1/s1. The van der Waals surface area contributed by atoms with Gasteiger partial charge in [-0.1, -0.05) is 42.5 Å². The number of likely N-dealkylation sites (tertiary alicyclic amines) is 1. The summed E-state index contributed by atoms with van der Waals surface area (Å²) in [4.78, 5) is 27.1. The van der Waals surface area contributed by atoms with Crippen LogP contribution in [0.25, 0.3) is 0 Å². The maximum Gasteiger partial charge on any atom is 0.234 e. The molecule has 1 aromatic rings. The van der Waals surface area contributed by atoms with Crippen molar-refractivity contribution in [1.82, 2.24) is 4.90 Å². The van der Waals surface area contributed by atoms with E-state index in [1.165, 1.54) is 11.3 Å². The number of rotatable bonds is 2. The van der Waals surface area contributed by atoms with Crippen molar-refractivity contribution in [2.45, 2.75) is 13.0 Å². The monoisotopic (exact) mass is 279 g/mol. The van der Waals surface area contributed by atoms with Crippen LogP contribution in [-0.2, 0) is 16.1 Å². The quantitative estimate of drug-likeness (QED) is 0.615. The lowest BCUT2D eigenvalue weighted by Gasteiger charge is -2.37. The first kappa shape index (κ1) is 11.7. The van der Waals surface area contributed by atoms with Crippen LogP contribution in [0.1, 0.15) is 12.0 Å². The van der Waals surface area contributed by atoms with Crippen LogP contribution in [0.4, 0.5) is 0 Å². The highest BCUT2D eigenvalue weighted by Gasteiger charge is 2.66. The molecule has 2 bridgehead atoms. The Kier molecular flexibility index (Phi) is 2.15. The van der Waals surface area contributed by atoms with Gasteiger partial charge in [-0.3, -0.25) is 14.5 Å². The van der Waals surface area contributed by atoms with Crippen molar-refractivity contribution >= 4 is 11.8 Å². The average Bonchev–Trinajstić information content (AvgIpc) is 3.30. The van der Waals surface area contributed by atoms with Crippen molar-refractivity contribution < 1.29 is 9.59 Å². The van der Waals surface area contributed by atoms with Crippen molar-refractivity contribution in [2.24, 2.45) is 35.5 Å². The number of imide groups is 1.